The number of aliphatic imine (C=N–C) groups is 2. The molecule has 10 rings (SSSR count). The summed E-state index contributed by atoms with van der Waals surface area (Å²) in [4.78, 5) is 10.5. The molecule has 7 aromatic carbocycles. The van der Waals surface area contributed by atoms with Crippen LogP contribution in [0.5, 0.6) is 0 Å². The van der Waals surface area contributed by atoms with E-state index in [1.165, 1.54) is 32.3 Å². The molecule has 49 heavy (non-hydrogen) atoms. The van der Waals surface area contributed by atoms with Crippen molar-refractivity contribution in [3.05, 3.63) is 174 Å². The molecule has 1 unspecified atom stereocenters. The van der Waals surface area contributed by atoms with Crippen LogP contribution < -0.4 is 10.6 Å². The molecule has 0 bridgehead atoms. The Morgan fingerprint density at radius 3 is 2.20 bits per heavy atom. The van der Waals surface area contributed by atoms with Crippen molar-refractivity contribution in [3.63, 3.8) is 0 Å². The Hall–Kier alpha value is -6.46. The van der Waals surface area contributed by atoms with Crippen molar-refractivity contribution in [3.8, 4) is 11.1 Å². The zero-order chi connectivity index (χ0) is 32.3. The number of amidine groups is 2. The zero-order valence-electron chi connectivity index (χ0n) is 26.5. The van der Waals surface area contributed by atoms with Crippen LogP contribution in [0.15, 0.2) is 160 Å². The van der Waals surface area contributed by atoms with E-state index in [0.29, 0.717) is 12.4 Å². The standard InChI is InChI=1S/C44H30N4O/c1-3-12-28(13-4-1)42-46-43(29-14-5-2-6-15-29)48-44(47-42)37-24-31(25-38-41(37)35-21-22-45-26-39(35)49-38)36-23-30-20-19-27-11-7-8-16-32(27)40(30)34-18-10-9-17-33(34)36/h1-25,42,45H,26H2,(H,46,47,48). The van der Waals surface area contributed by atoms with Gasteiger partial charge >= 0.3 is 0 Å². The summed E-state index contributed by atoms with van der Waals surface area (Å²) >= 11 is 0. The van der Waals surface area contributed by atoms with E-state index in [9.17, 15) is 0 Å². The number of hydrogen-bond acceptors (Lipinski definition) is 5. The van der Waals surface area contributed by atoms with Gasteiger partial charge in [-0.05, 0) is 79.5 Å². The first kappa shape index (κ1) is 27.6. The van der Waals surface area contributed by atoms with E-state index < -0.39 is 0 Å². The number of furan rings is 1. The van der Waals surface area contributed by atoms with E-state index in [-0.39, 0.29) is 6.17 Å². The first-order chi connectivity index (χ1) is 24.3. The number of benzene rings is 7. The number of nitrogens with zero attached hydrogens (tertiary/aromatic N) is 2. The fourth-order valence-electron chi connectivity index (χ4n) is 7.47. The van der Waals surface area contributed by atoms with Crippen molar-refractivity contribution in [2.24, 2.45) is 9.98 Å². The molecule has 1 aromatic heterocycles. The average Bonchev–Trinajstić information content (AvgIpc) is 3.56. The van der Waals surface area contributed by atoms with Crippen molar-refractivity contribution >= 4 is 61.0 Å². The van der Waals surface area contributed by atoms with Crippen LogP contribution in [-0.4, -0.2) is 11.7 Å². The second-order valence-electron chi connectivity index (χ2n) is 12.6. The van der Waals surface area contributed by atoms with Crippen LogP contribution in [0.25, 0.3) is 60.5 Å². The first-order valence-corrected chi connectivity index (χ1v) is 16.7. The molecule has 2 N–H and O–H groups in total. The highest BCUT2D eigenvalue weighted by molar-refractivity contribution is 6.24. The molecule has 0 saturated heterocycles. The Morgan fingerprint density at radius 2 is 1.35 bits per heavy atom. The first-order valence-electron chi connectivity index (χ1n) is 16.7. The number of fused-ring (bicyclic) bond motifs is 8. The van der Waals surface area contributed by atoms with Crippen LogP contribution in [0.4, 0.5) is 0 Å². The van der Waals surface area contributed by atoms with Crippen LogP contribution in [0.2, 0.25) is 0 Å². The Kier molecular flexibility index (Phi) is 6.24. The molecule has 0 fully saturated rings. The molecular weight excluding hydrogens is 601 g/mol. The van der Waals surface area contributed by atoms with Crippen LogP contribution in [-0.2, 0) is 6.54 Å². The Labute approximate surface area is 283 Å². The lowest BCUT2D eigenvalue weighted by molar-refractivity contribution is 0.532. The summed E-state index contributed by atoms with van der Waals surface area (Å²) in [5, 5.41) is 15.3. The molecule has 0 radical (unpaired) electrons. The van der Waals surface area contributed by atoms with Gasteiger partial charge in [0.2, 0.25) is 0 Å². The van der Waals surface area contributed by atoms with Crippen molar-refractivity contribution in [1.29, 1.82) is 0 Å². The molecule has 2 aliphatic heterocycles. The highest BCUT2D eigenvalue weighted by atomic mass is 16.3. The normalized spacial score (nSPS) is 15.6. The summed E-state index contributed by atoms with van der Waals surface area (Å²) in [5.41, 5.74) is 7.12. The van der Waals surface area contributed by atoms with E-state index in [2.05, 4.69) is 132 Å². The zero-order valence-corrected chi connectivity index (χ0v) is 26.5. The number of hydrogen-bond donors (Lipinski definition) is 2. The van der Waals surface area contributed by atoms with Crippen LogP contribution >= 0.6 is 0 Å². The second-order valence-corrected chi connectivity index (χ2v) is 12.6. The summed E-state index contributed by atoms with van der Waals surface area (Å²) in [5.74, 6) is 2.37. The quantitative estimate of drug-likeness (QED) is 0.190. The largest absolute Gasteiger partial charge is 0.458 e. The molecule has 5 heteroatoms. The highest BCUT2D eigenvalue weighted by Gasteiger charge is 2.26. The second kappa shape index (κ2) is 11.1. The van der Waals surface area contributed by atoms with Gasteiger partial charge in [0.1, 0.15) is 23.3 Å². The van der Waals surface area contributed by atoms with Crippen LogP contribution in [0.1, 0.15) is 34.2 Å². The van der Waals surface area contributed by atoms with Crippen molar-refractivity contribution in [1.82, 2.24) is 10.6 Å². The molecule has 2 aliphatic rings. The topological polar surface area (TPSA) is 61.9 Å². The van der Waals surface area contributed by atoms with Gasteiger partial charge in [0, 0.05) is 22.1 Å². The third-order valence-corrected chi connectivity index (χ3v) is 9.74. The number of nitrogens with one attached hydrogen (secondary N) is 2. The van der Waals surface area contributed by atoms with Gasteiger partial charge in [0.05, 0.1) is 6.54 Å². The van der Waals surface area contributed by atoms with Gasteiger partial charge in [-0.1, -0.05) is 121 Å². The van der Waals surface area contributed by atoms with Gasteiger partial charge in [-0.25, -0.2) is 9.98 Å². The van der Waals surface area contributed by atoms with Crippen LogP contribution in [0, 0.1) is 0 Å². The van der Waals surface area contributed by atoms with E-state index in [4.69, 9.17) is 14.4 Å². The maximum atomic E-state index is 6.63. The lowest BCUT2D eigenvalue weighted by atomic mass is 9.89. The predicted molar refractivity (Wildman–Crippen MR) is 202 cm³/mol. The molecule has 0 amide bonds. The number of rotatable bonds is 4. The third-order valence-electron chi connectivity index (χ3n) is 9.74. The van der Waals surface area contributed by atoms with Crippen LogP contribution in [0.3, 0.4) is 0 Å². The van der Waals surface area contributed by atoms with E-state index in [1.807, 2.05) is 30.5 Å². The SMILES string of the molecule is C1=Cc2c(oc3cc(-c4cc5ccc6ccccc6c5c5ccccc45)cc(C4=NC(c5ccccc5)NC(c5ccccc5)=N4)c23)CN1. The van der Waals surface area contributed by atoms with Crippen molar-refractivity contribution < 1.29 is 4.42 Å². The lowest BCUT2D eigenvalue weighted by Crippen LogP contribution is -2.33. The van der Waals surface area contributed by atoms with Gasteiger partial charge in [-0.2, -0.15) is 0 Å². The van der Waals surface area contributed by atoms with Gasteiger partial charge in [0.15, 0.2) is 5.84 Å². The van der Waals surface area contributed by atoms with Crippen molar-refractivity contribution in [2.75, 3.05) is 0 Å². The van der Waals surface area contributed by atoms with E-state index in [1.54, 1.807) is 0 Å². The van der Waals surface area contributed by atoms with Gasteiger partial charge in [-0.3, -0.25) is 0 Å². The molecule has 8 aromatic rings. The monoisotopic (exact) mass is 630 g/mol. The fourth-order valence-corrected chi connectivity index (χ4v) is 7.47. The fraction of sp³-hybridized carbons (Fsp3) is 0.0455. The molecule has 1 atom stereocenters. The maximum Gasteiger partial charge on any atom is 0.160 e. The predicted octanol–water partition coefficient (Wildman–Crippen LogP) is 10.1. The molecule has 5 nitrogen and oxygen atoms in total. The highest BCUT2D eigenvalue weighted by Crippen LogP contribution is 2.42. The minimum absolute atomic E-state index is 0.308. The van der Waals surface area contributed by atoms with Gasteiger partial charge in [0.25, 0.3) is 0 Å². The van der Waals surface area contributed by atoms with Gasteiger partial charge in [-0.15, -0.1) is 0 Å². The molecule has 0 spiro atoms. The van der Waals surface area contributed by atoms with Gasteiger partial charge < -0.3 is 15.1 Å². The smallest absolute Gasteiger partial charge is 0.160 e. The Bertz CT molecular complexity index is 2690. The molecule has 0 saturated carbocycles. The summed E-state index contributed by atoms with van der Waals surface area (Å²) in [7, 11) is 0. The summed E-state index contributed by atoms with van der Waals surface area (Å²) in [6.07, 6.45) is 3.78. The summed E-state index contributed by atoms with van der Waals surface area (Å²) < 4.78 is 6.63. The molecule has 3 heterocycles. The van der Waals surface area contributed by atoms with E-state index >= 15 is 0 Å². The minimum atomic E-state index is -0.308. The molecule has 0 aliphatic carbocycles. The minimum Gasteiger partial charge on any atom is -0.458 e. The average molecular weight is 631 g/mol. The van der Waals surface area contributed by atoms with E-state index in [0.717, 1.165) is 55.9 Å². The Morgan fingerprint density at radius 1 is 0.612 bits per heavy atom. The van der Waals surface area contributed by atoms with Crippen molar-refractivity contribution in [2.45, 2.75) is 12.7 Å². The summed E-state index contributed by atoms with van der Waals surface area (Å²) in [6, 6.07) is 49.3. The third kappa shape index (κ3) is 4.54. The Balaban J connectivity index is 1.26. The lowest BCUT2D eigenvalue weighted by Gasteiger charge is -2.24. The maximum absolute atomic E-state index is 6.63. The summed E-state index contributed by atoms with van der Waals surface area (Å²) in [6.45, 7) is 0.625. The molecular formula is C44H30N4O. The molecule has 232 valence electrons.